The molecule has 0 radical (unpaired) electrons. The predicted octanol–water partition coefficient (Wildman–Crippen LogP) is 4.63. The fourth-order valence-electron chi connectivity index (χ4n) is 2.13. The van der Waals surface area contributed by atoms with Gasteiger partial charge in [-0.25, -0.2) is 12.1 Å². The molecular formula is C18H24FeO2Si-6. The van der Waals surface area contributed by atoms with E-state index in [-0.39, 0.29) is 28.6 Å². The number of carbonyl (C=O) groups is 2. The van der Waals surface area contributed by atoms with Crippen molar-refractivity contribution in [2.75, 3.05) is 0 Å². The minimum absolute atomic E-state index is 0. The first-order chi connectivity index (χ1) is 9.70. The van der Waals surface area contributed by atoms with Gasteiger partial charge < -0.3 is 38.9 Å². The van der Waals surface area contributed by atoms with Gasteiger partial charge in [0.2, 0.25) is 0 Å². The summed E-state index contributed by atoms with van der Waals surface area (Å²) in [4.78, 5) is 21.7. The molecule has 0 unspecified atom stereocenters. The van der Waals surface area contributed by atoms with Crippen molar-refractivity contribution in [3.63, 3.8) is 0 Å². The van der Waals surface area contributed by atoms with Gasteiger partial charge in [0, 0.05) is 25.1 Å². The quantitative estimate of drug-likeness (QED) is 0.455. The zero-order chi connectivity index (χ0) is 16.0. The summed E-state index contributed by atoms with van der Waals surface area (Å²) < 4.78 is 0. The van der Waals surface area contributed by atoms with Gasteiger partial charge in [-0.05, 0) is 6.92 Å². The Kier molecular flexibility index (Phi) is 8.53. The molecule has 0 aliphatic heterocycles. The molecule has 0 heterocycles. The molecule has 126 valence electrons. The third-order valence-electron chi connectivity index (χ3n) is 3.08. The smallest absolute Gasteiger partial charge is 0.105 e. The van der Waals surface area contributed by atoms with Crippen molar-refractivity contribution >= 4 is 19.6 Å². The third-order valence-corrected chi connectivity index (χ3v) is 4.52. The summed E-state index contributed by atoms with van der Waals surface area (Å²) in [6.45, 7) is 10.2. The number of Topliss-reactive ketones (excluding diaryl/α,β-unsaturated/α-hetero) is 2. The minimum atomic E-state index is -1.09. The molecule has 0 aliphatic rings. The molecule has 0 spiro atoms. The molecular weight excluding hydrogens is 332 g/mol. The molecule has 0 saturated carbocycles. The van der Waals surface area contributed by atoms with Crippen molar-refractivity contribution in [2.24, 2.45) is 0 Å². The van der Waals surface area contributed by atoms with Crippen molar-refractivity contribution in [2.45, 2.75) is 39.5 Å². The maximum absolute atomic E-state index is 11.2. The monoisotopic (exact) mass is 356 g/mol. The van der Waals surface area contributed by atoms with Gasteiger partial charge in [-0.2, -0.15) is 18.2 Å². The molecule has 0 aliphatic carbocycles. The second kappa shape index (κ2) is 9.04. The van der Waals surface area contributed by atoms with E-state index in [1.807, 2.05) is 36.4 Å². The number of ketones is 2. The molecule has 0 bridgehead atoms. The van der Waals surface area contributed by atoms with E-state index in [0.29, 0.717) is 0 Å². The van der Waals surface area contributed by atoms with E-state index in [0.717, 1.165) is 17.2 Å². The summed E-state index contributed by atoms with van der Waals surface area (Å²) in [5.74, 6) is 0.327. The van der Waals surface area contributed by atoms with Crippen molar-refractivity contribution < 1.29 is 26.7 Å². The number of carbonyl (C=O) groups excluding carboxylic acids is 2. The van der Waals surface area contributed by atoms with Crippen LogP contribution in [-0.2, 0) is 23.1 Å². The number of hydrogen-bond acceptors (Lipinski definition) is 2. The largest absolute Gasteiger partial charge is 0.716 e. The Labute approximate surface area is 145 Å². The molecule has 2 rings (SSSR count). The van der Waals surface area contributed by atoms with E-state index in [4.69, 9.17) is 0 Å². The van der Waals surface area contributed by atoms with Gasteiger partial charge in [0.15, 0.2) is 0 Å². The summed E-state index contributed by atoms with van der Waals surface area (Å²) in [6, 6.07) is 14.4. The van der Waals surface area contributed by atoms with Gasteiger partial charge in [0.25, 0.3) is 0 Å². The van der Waals surface area contributed by atoms with Crippen LogP contribution in [0.15, 0.2) is 42.5 Å². The van der Waals surface area contributed by atoms with Crippen LogP contribution < -0.4 is 0 Å². The second-order valence-electron chi connectivity index (χ2n) is 6.49. The predicted molar refractivity (Wildman–Crippen MR) is 91.1 cm³/mol. The SMILES string of the molecule is CC(=O)[c-]1[cH-][cH-][cH-][c-]1C[Si](C)(C)C.CC(=O)[c-]1cccc1.[Fe]. The number of rotatable bonds is 4. The molecule has 2 aromatic rings. The molecule has 2 aromatic carbocycles. The topological polar surface area (TPSA) is 34.1 Å². The first-order valence-corrected chi connectivity index (χ1v) is 10.9. The van der Waals surface area contributed by atoms with Crippen molar-refractivity contribution in [1.82, 2.24) is 0 Å². The van der Waals surface area contributed by atoms with Crippen LogP contribution in [0.2, 0.25) is 19.6 Å². The van der Waals surface area contributed by atoms with Crippen molar-refractivity contribution in [1.29, 1.82) is 0 Å². The summed E-state index contributed by atoms with van der Waals surface area (Å²) >= 11 is 0. The summed E-state index contributed by atoms with van der Waals surface area (Å²) in [5.41, 5.74) is 2.96. The third kappa shape index (κ3) is 7.17. The molecule has 2 nitrogen and oxygen atoms in total. The Morgan fingerprint density at radius 2 is 1.55 bits per heavy atom. The fraction of sp³-hybridized carbons (Fsp3) is 0.333. The van der Waals surface area contributed by atoms with Crippen LogP contribution in [0.25, 0.3) is 0 Å². The Bertz CT molecular complexity index is 589. The average molecular weight is 356 g/mol. The molecule has 0 aromatic heterocycles. The molecule has 0 amide bonds. The Morgan fingerprint density at radius 3 is 1.91 bits per heavy atom. The van der Waals surface area contributed by atoms with E-state index >= 15 is 0 Å². The Morgan fingerprint density at radius 1 is 1.00 bits per heavy atom. The van der Waals surface area contributed by atoms with Gasteiger partial charge >= 0.3 is 0 Å². The minimum Gasteiger partial charge on any atom is -0.716 e. The molecule has 0 saturated heterocycles. The first-order valence-electron chi connectivity index (χ1n) is 7.19. The zero-order valence-corrected chi connectivity index (χ0v) is 16.0. The average Bonchev–Trinajstić information content (AvgIpc) is 2.96. The standard InChI is InChI=1S/C11H17OSi.C7H7O.Fe/c1-9(12)11-7-5-6-10(11)8-13(2,3)4;1-6(8)7-4-2-3-5-7;/h5-7H,8H2,1-4H3;2-5H,1H3;/q-5;-1;. The van der Waals surface area contributed by atoms with Crippen LogP contribution >= 0.6 is 0 Å². The van der Waals surface area contributed by atoms with Crippen LogP contribution in [0.4, 0.5) is 0 Å². The van der Waals surface area contributed by atoms with Gasteiger partial charge in [-0.1, -0.05) is 25.2 Å². The van der Waals surface area contributed by atoms with E-state index in [1.54, 1.807) is 13.8 Å². The maximum atomic E-state index is 11.2. The second-order valence-corrected chi connectivity index (χ2v) is 12.0. The maximum Gasteiger partial charge on any atom is 0.105 e. The Hall–Kier alpha value is -1.22. The van der Waals surface area contributed by atoms with Crippen molar-refractivity contribution in [3.8, 4) is 0 Å². The molecule has 0 atom stereocenters. The number of hydrogen-bond donors (Lipinski definition) is 0. The summed E-state index contributed by atoms with van der Waals surface area (Å²) in [7, 11) is -1.09. The van der Waals surface area contributed by atoms with Crippen LogP contribution in [0.3, 0.4) is 0 Å². The van der Waals surface area contributed by atoms with Gasteiger partial charge in [-0.15, -0.1) is 6.92 Å². The Balaban J connectivity index is 0.000000423. The van der Waals surface area contributed by atoms with Crippen LogP contribution in [0.1, 0.15) is 40.1 Å². The molecule has 22 heavy (non-hydrogen) atoms. The van der Waals surface area contributed by atoms with Crippen LogP contribution in [-0.4, -0.2) is 19.6 Å². The normalized spacial score (nSPS) is 10.2. The van der Waals surface area contributed by atoms with Crippen molar-refractivity contribution in [3.05, 3.63) is 59.2 Å². The van der Waals surface area contributed by atoms with Crippen LogP contribution in [0, 0.1) is 0 Å². The van der Waals surface area contributed by atoms with E-state index in [1.165, 1.54) is 5.56 Å². The molecule has 4 heteroatoms. The fourth-order valence-corrected chi connectivity index (χ4v) is 3.59. The molecule has 0 fully saturated rings. The first kappa shape index (κ1) is 20.8. The van der Waals surface area contributed by atoms with E-state index in [9.17, 15) is 9.59 Å². The van der Waals surface area contributed by atoms with Gasteiger partial charge in [0.1, 0.15) is 5.78 Å². The van der Waals surface area contributed by atoms with E-state index < -0.39 is 8.07 Å². The molecule has 0 N–H and O–H groups in total. The summed E-state index contributed by atoms with van der Waals surface area (Å²) in [6.07, 6.45) is 0. The van der Waals surface area contributed by atoms with Gasteiger partial charge in [0.05, 0.1) is 0 Å². The van der Waals surface area contributed by atoms with Crippen LogP contribution in [0.5, 0.6) is 0 Å². The van der Waals surface area contributed by atoms with E-state index in [2.05, 4.69) is 25.7 Å². The summed E-state index contributed by atoms with van der Waals surface area (Å²) in [5, 5.41) is 0. The van der Waals surface area contributed by atoms with Gasteiger partial charge in [-0.3, -0.25) is 5.78 Å². The zero-order valence-electron chi connectivity index (χ0n) is 13.9.